The van der Waals surface area contributed by atoms with Gasteiger partial charge < -0.3 is 9.64 Å². The number of carbonyl (C=O) groups is 1. The summed E-state index contributed by atoms with van der Waals surface area (Å²) in [5.74, 6) is 0.937. The average Bonchev–Trinajstić information content (AvgIpc) is 2.74. The van der Waals surface area contributed by atoms with Crippen LogP contribution in [0, 0.1) is 0 Å². The number of amides is 1. The van der Waals surface area contributed by atoms with Crippen LogP contribution in [0.2, 0.25) is 0 Å². The molecule has 0 bridgehead atoms. The van der Waals surface area contributed by atoms with Crippen LogP contribution in [0.5, 0.6) is 5.75 Å². The maximum atomic E-state index is 12.4. The third kappa shape index (κ3) is 2.67. The van der Waals surface area contributed by atoms with Crippen LogP contribution in [-0.4, -0.2) is 24.0 Å². The van der Waals surface area contributed by atoms with Crippen LogP contribution < -0.4 is 4.74 Å². The van der Waals surface area contributed by atoms with Gasteiger partial charge in [0.15, 0.2) is 0 Å². The predicted molar refractivity (Wildman–Crippen MR) is 78.7 cm³/mol. The molecule has 0 radical (unpaired) electrons. The SMILES string of the molecule is O=C(c1csc(Br)c1)N1CCOc2ccccc2C1. The van der Waals surface area contributed by atoms with Crippen LogP contribution in [-0.2, 0) is 6.54 Å². The highest BCUT2D eigenvalue weighted by Crippen LogP contribution is 2.25. The lowest BCUT2D eigenvalue weighted by Crippen LogP contribution is -2.32. The molecule has 3 rings (SSSR count). The summed E-state index contributed by atoms with van der Waals surface area (Å²) in [6.45, 7) is 1.75. The molecule has 2 aromatic rings. The second kappa shape index (κ2) is 5.35. The van der Waals surface area contributed by atoms with Gasteiger partial charge in [-0.25, -0.2) is 0 Å². The van der Waals surface area contributed by atoms with Crippen molar-refractivity contribution in [2.24, 2.45) is 0 Å². The lowest BCUT2D eigenvalue weighted by Gasteiger charge is -2.19. The van der Waals surface area contributed by atoms with E-state index in [9.17, 15) is 4.79 Å². The van der Waals surface area contributed by atoms with Gasteiger partial charge in [-0.3, -0.25) is 4.79 Å². The van der Waals surface area contributed by atoms with Crippen LogP contribution in [0.3, 0.4) is 0 Å². The van der Waals surface area contributed by atoms with E-state index >= 15 is 0 Å². The molecule has 0 unspecified atom stereocenters. The molecule has 0 fully saturated rings. The fourth-order valence-corrected chi connectivity index (χ4v) is 3.23. The largest absolute Gasteiger partial charge is 0.491 e. The fourth-order valence-electron chi connectivity index (χ4n) is 2.10. The molecular weight excluding hydrogens is 326 g/mol. The van der Waals surface area contributed by atoms with Gasteiger partial charge in [0.2, 0.25) is 0 Å². The van der Waals surface area contributed by atoms with Gasteiger partial charge in [0.25, 0.3) is 5.91 Å². The summed E-state index contributed by atoms with van der Waals surface area (Å²) in [6.07, 6.45) is 0. The molecule has 0 N–H and O–H groups in total. The van der Waals surface area contributed by atoms with Gasteiger partial charge in [0.05, 0.1) is 15.9 Å². The minimum absolute atomic E-state index is 0.0576. The Balaban J connectivity index is 1.84. The average molecular weight is 338 g/mol. The van der Waals surface area contributed by atoms with Gasteiger partial charge in [0.1, 0.15) is 12.4 Å². The maximum Gasteiger partial charge on any atom is 0.255 e. The molecule has 1 aromatic carbocycles. The molecule has 0 saturated carbocycles. The minimum atomic E-state index is 0.0576. The van der Waals surface area contributed by atoms with Gasteiger partial charge in [-0.2, -0.15) is 0 Å². The van der Waals surface area contributed by atoms with E-state index in [1.807, 2.05) is 40.6 Å². The topological polar surface area (TPSA) is 29.5 Å². The summed E-state index contributed by atoms with van der Waals surface area (Å²) < 4.78 is 6.64. The molecule has 1 aromatic heterocycles. The summed E-state index contributed by atoms with van der Waals surface area (Å²) in [6, 6.07) is 9.74. The number of nitrogens with zero attached hydrogens (tertiary/aromatic N) is 1. The summed E-state index contributed by atoms with van der Waals surface area (Å²) in [7, 11) is 0. The van der Waals surface area contributed by atoms with Crippen molar-refractivity contribution in [1.82, 2.24) is 4.90 Å². The third-order valence-electron chi connectivity index (χ3n) is 3.05. The quantitative estimate of drug-likeness (QED) is 0.796. The second-order valence-corrected chi connectivity index (χ2v) is 6.61. The van der Waals surface area contributed by atoms with Gasteiger partial charge in [-0.15, -0.1) is 11.3 Å². The van der Waals surface area contributed by atoms with E-state index < -0.39 is 0 Å². The number of halogens is 1. The van der Waals surface area contributed by atoms with E-state index in [4.69, 9.17) is 4.74 Å². The molecule has 3 nitrogen and oxygen atoms in total. The van der Waals surface area contributed by atoms with Crippen molar-refractivity contribution in [3.63, 3.8) is 0 Å². The Hall–Kier alpha value is -1.33. The molecule has 5 heteroatoms. The zero-order chi connectivity index (χ0) is 13.2. The molecule has 0 saturated heterocycles. The molecule has 2 heterocycles. The van der Waals surface area contributed by atoms with Crippen LogP contribution in [0.25, 0.3) is 0 Å². The Kier molecular flexibility index (Phi) is 3.57. The summed E-state index contributed by atoms with van der Waals surface area (Å²) in [4.78, 5) is 14.3. The maximum absolute atomic E-state index is 12.4. The number of ether oxygens (including phenoxy) is 1. The fraction of sp³-hybridized carbons (Fsp3) is 0.214. The number of rotatable bonds is 1. The van der Waals surface area contributed by atoms with Crippen molar-refractivity contribution in [2.45, 2.75) is 6.54 Å². The van der Waals surface area contributed by atoms with Crippen molar-refractivity contribution < 1.29 is 9.53 Å². The van der Waals surface area contributed by atoms with E-state index in [2.05, 4.69) is 15.9 Å². The molecule has 0 aliphatic carbocycles. The molecule has 98 valence electrons. The van der Waals surface area contributed by atoms with Crippen LogP contribution >= 0.6 is 27.3 Å². The van der Waals surface area contributed by atoms with E-state index in [1.54, 1.807) is 0 Å². The number of benzene rings is 1. The normalized spacial score (nSPS) is 14.5. The summed E-state index contributed by atoms with van der Waals surface area (Å²) in [5.41, 5.74) is 1.79. The van der Waals surface area contributed by atoms with Crippen molar-refractivity contribution in [3.05, 3.63) is 50.6 Å². The highest BCUT2D eigenvalue weighted by molar-refractivity contribution is 9.11. The van der Waals surface area contributed by atoms with Crippen LogP contribution in [0.1, 0.15) is 15.9 Å². The number of thiophene rings is 1. The van der Waals surface area contributed by atoms with Gasteiger partial charge in [-0.1, -0.05) is 18.2 Å². The Morgan fingerprint density at radius 1 is 1.37 bits per heavy atom. The zero-order valence-corrected chi connectivity index (χ0v) is 12.5. The Morgan fingerprint density at radius 2 is 2.21 bits per heavy atom. The Labute approximate surface area is 123 Å². The zero-order valence-electron chi connectivity index (χ0n) is 10.1. The Bertz CT molecular complexity index is 611. The summed E-state index contributed by atoms with van der Waals surface area (Å²) >= 11 is 4.91. The van der Waals surface area contributed by atoms with Gasteiger partial charge in [-0.05, 0) is 28.1 Å². The van der Waals surface area contributed by atoms with Gasteiger partial charge >= 0.3 is 0 Å². The molecular formula is C14H12BrNO2S. The lowest BCUT2D eigenvalue weighted by molar-refractivity contribution is 0.0734. The molecule has 1 amide bonds. The monoisotopic (exact) mass is 337 g/mol. The van der Waals surface area contributed by atoms with E-state index in [0.717, 1.165) is 20.7 Å². The number of para-hydroxylation sites is 1. The van der Waals surface area contributed by atoms with E-state index in [0.29, 0.717) is 19.7 Å². The standard InChI is InChI=1S/C14H12BrNO2S/c15-13-7-11(9-19-13)14(17)16-5-6-18-12-4-2-1-3-10(12)8-16/h1-4,7,9H,5-6,8H2. The third-order valence-corrected chi connectivity index (χ3v) is 4.56. The highest BCUT2D eigenvalue weighted by Gasteiger charge is 2.21. The minimum Gasteiger partial charge on any atom is -0.491 e. The smallest absolute Gasteiger partial charge is 0.255 e. The van der Waals surface area contributed by atoms with Crippen molar-refractivity contribution in [2.75, 3.05) is 13.2 Å². The molecule has 19 heavy (non-hydrogen) atoms. The highest BCUT2D eigenvalue weighted by atomic mass is 79.9. The van der Waals surface area contributed by atoms with Crippen LogP contribution in [0.4, 0.5) is 0 Å². The van der Waals surface area contributed by atoms with Crippen molar-refractivity contribution in [1.29, 1.82) is 0 Å². The van der Waals surface area contributed by atoms with E-state index in [1.165, 1.54) is 11.3 Å². The van der Waals surface area contributed by atoms with Gasteiger partial charge in [0, 0.05) is 17.5 Å². The second-order valence-electron chi connectivity index (χ2n) is 4.32. The Morgan fingerprint density at radius 3 is 3.00 bits per heavy atom. The van der Waals surface area contributed by atoms with Crippen molar-refractivity contribution in [3.8, 4) is 5.75 Å². The number of hydrogen-bond donors (Lipinski definition) is 0. The summed E-state index contributed by atoms with van der Waals surface area (Å²) in [5, 5.41) is 1.88. The number of fused-ring (bicyclic) bond motifs is 1. The van der Waals surface area contributed by atoms with Crippen LogP contribution in [0.15, 0.2) is 39.5 Å². The number of hydrogen-bond acceptors (Lipinski definition) is 3. The first kappa shape index (κ1) is 12.7. The predicted octanol–water partition coefficient (Wildman–Crippen LogP) is 3.55. The first-order chi connectivity index (χ1) is 9.24. The molecule has 0 atom stereocenters. The first-order valence-corrected chi connectivity index (χ1v) is 7.65. The van der Waals surface area contributed by atoms with E-state index in [-0.39, 0.29) is 5.91 Å². The molecule has 0 spiro atoms. The number of carbonyl (C=O) groups excluding carboxylic acids is 1. The lowest BCUT2D eigenvalue weighted by atomic mass is 10.2. The first-order valence-electron chi connectivity index (χ1n) is 5.98. The molecule has 1 aliphatic heterocycles. The molecule has 1 aliphatic rings. The van der Waals surface area contributed by atoms with Crippen molar-refractivity contribution >= 4 is 33.2 Å².